The zero-order valence-corrected chi connectivity index (χ0v) is 16.2. The van der Waals surface area contributed by atoms with Gasteiger partial charge in [0.25, 0.3) is 0 Å². The summed E-state index contributed by atoms with van der Waals surface area (Å²) in [5, 5.41) is 0.925. The lowest BCUT2D eigenvalue weighted by Crippen LogP contribution is -2.59. The van der Waals surface area contributed by atoms with Crippen molar-refractivity contribution in [3.8, 4) is 0 Å². The molecule has 0 amide bonds. The number of hydrogen-bond donors (Lipinski definition) is 0. The van der Waals surface area contributed by atoms with Gasteiger partial charge in [-0.25, -0.2) is 0 Å². The minimum Gasteiger partial charge on any atom is -0.463 e. The average Bonchev–Trinajstić information content (AvgIpc) is 2.95. The van der Waals surface area contributed by atoms with E-state index in [1.807, 2.05) is 0 Å². The fraction of sp³-hybridized carbons (Fsp3) is 0.765. The van der Waals surface area contributed by atoms with Crippen LogP contribution in [0.15, 0.2) is 4.99 Å². The largest absolute Gasteiger partial charge is 0.463 e. The minimum absolute atomic E-state index is 0.0981. The molecular weight excluding hydrogens is 362 g/mol. The van der Waals surface area contributed by atoms with Gasteiger partial charge in [0.1, 0.15) is 24.2 Å². The van der Waals surface area contributed by atoms with Crippen molar-refractivity contribution < 1.29 is 33.3 Å². The molecule has 1 fully saturated rings. The Labute approximate surface area is 157 Å². The molecule has 0 aromatic heterocycles. The van der Waals surface area contributed by atoms with Crippen molar-refractivity contribution in [2.45, 2.75) is 76.7 Å². The third-order valence-electron chi connectivity index (χ3n) is 3.96. The summed E-state index contributed by atoms with van der Waals surface area (Å²) in [6.45, 7) is 5.84. The minimum atomic E-state index is -0.896. The van der Waals surface area contributed by atoms with Crippen LogP contribution < -0.4 is 0 Å². The molecule has 1 saturated heterocycles. The highest BCUT2D eigenvalue weighted by Crippen LogP contribution is 2.40. The molecule has 0 unspecified atom stereocenters. The fourth-order valence-corrected chi connectivity index (χ4v) is 4.17. The maximum atomic E-state index is 11.6. The van der Waals surface area contributed by atoms with Gasteiger partial charge in [0, 0.05) is 20.8 Å². The summed E-state index contributed by atoms with van der Waals surface area (Å²) in [6.07, 6.45) is 0.426. The van der Waals surface area contributed by atoms with Crippen molar-refractivity contribution >= 4 is 34.7 Å². The second-order valence-corrected chi connectivity index (χ2v) is 7.40. The van der Waals surface area contributed by atoms with Crippen molar-refractivity contribution in [3.05, 3.63) is 0 Å². The van der Waals surface area contributed by atoms with Gasteiger partial charge in [0.2, 0.25) is 0 Å². The van der Waals surface area contributed by atoms with Crippen molar-refractivity contribution in [3.63, 3.8) is 0 Å². The van der Waals surface area contributed by atoms with Gasteiger partial charge in [-0.3, -0.25) is 19.4 Å². The van der Waals surface area contributed by atoms with Gasteiger partial charge >= 0.3 is 17.9 Å². The maximum absolute atomic E-state index is 11.6. The molecule has 0 N–H and O–H groups in total. The Morgan fingerprint density at radius 1 is 1.08 bits per heavy atom. The first-order valence-electron chi connectivity index (χ1n) is 8.68. The lowest BCUT2D eigenvalue weighted by atomic mass is 9.97. The zero-order chi connectivity index (χ0) is 19.3. The van der Waals surface area contributed by atoms with E-state index in [2.05, 4.69) is 11.9 Å². The van der Waals surface area contributed by atoms with Gasteiger partial charge in [0.05, 0.1) is 5.04 Å². The number of hydrogen-bond acceptors (Lipinski definition) is 9. The zero-order valence-electron chi connectivity index (χ0n) is 15.4. The number of thioether (sulfide) groups is 1. The third-order valence-corrected chi connectivity index (χ3v) is 5.16. The first-order valence-corrected chi connectivity index (χ1v) is 9.56. The second-order valence-electron chi connectivity index (χ2n) is 6.23. The quantitative estimate of drug-likeness (QED) is 0.482. The highest BCUT2D eigenvalue weighted by Gasteiger charge is 2.52. The van der Waals surface area contributed by atoms with Crippen LogP contribution in [-0.2, 0) is 33.3 Å². The van der Waals surface area contributed by atoms with Crippen LogP contribution in [0.1, 0.15) is 47.0 Å². The van der Waals surface area contributed by atoms with E-state index < -0.39 is 42.3 Å². The van der Waals surface area contributed by atoms with Crippen LogP contribution in [0.4, 0.5) is 0 Å². The summed E-state index contributed by atoms with van der Waals surface area (Å²) in [5.74, 6) is -1.51. The third kappa shape index (κ3) is 5.44. The SMILES string of the molecule is CCCCC1=N[C@@H]2[C@@H](OC(C)=O)[C@H](OC(C)=O)[C@@H](COC(C)=O)O[C@@H]2S1. The molecule has 0 aliphatic carbocycles. The van der Waals surface area contributed by atoms with E-state index in [1.165, 1.54) is 32.5 Å². The number of aliphatic imine (C=N–C) groups is 1. The molecule has 8 nitrogen and oxygen atoms in total. The van der Waals surface area contributed by atoms with E-state index in [-0.39, 0.29) is 12.0 Å². The van der Waals surface area contributed by atoms with Crippen LogP contribution >= 0.6 is 11.8 Å². The number of carbonyl (C=O) groups excluding carboxylic acids is 3. The normalized spacial score (nSPS) is 30.2. The van der Waals surface area contributed by atoms with Crippen LogP contribution in [0.25, 0.3) is 0 Å². The Bertz CT molecular complexity index is 579. The predicted octanol–water partition coefficient (Wildman–Crippen LogP) is 1.84. The molecule has 0 saturated carbocycles. The lowest BCUT2D eigenvalue weighted by Gasteiger charge is -2.41. The molecule has 2 aliphatic rings. The smallest absolute Gasteiger partial charge is 0.303 e. The van der Waals surface area contributed by atoms with Gasteiger partial charge in [-0.05, 0) is 12.8 Å². The molecule has 0 aromatic carbocycles. The number of carbonyl (C=O) groups is 3. The highest BCUT2D eigenvalue weighted by molar-refractivity contribution is 8.14. The Balaban J connectivity index is 2.25. The summed E-state index contributed by atoms with van der Waals surface area (Å²) in [6, 6.07) is -0.464. The predicted molar refractivity (Wildman–Crippen MR) is 94.7 cm³/mol. The van der Waals surface area contributed by atoms with E-state index in [0.29, 0.717) is 0 Å². The molecule has 2 heterocycles. The second kappa shape index (κ2) is 9.36. The molecule has 146 valence electrons. The summed E-state index contributed by atoms with van der Waals surface area (Å²) >= 11 is 1.48. The topological polar surface area (TPSA) is 100 Å². The van der Waals surface area contributed by atoms with Crippen LogP contribution in [0.5, 0.6) is 0 Å². The Kier molecular flexibility index (Phi) is 7.45. The molecule has 0 aromatic rings. The summed E-state index contributed by atoms with van der Waals surface area (Å²) in [5.41, 5.74) is -0.376. The number of rotatable bonds is 7. The van der Waals surface area contributed by atoms with Crippen LogP contribution in [0, 0.1) is 0 Å². The van der Waals surface area contributed by atoms with Gasteiger partial charge in [-0.2, -0.15) is 0 Å². The Hall–Kier alpha value is -1.61. The number of esters is 3. The van der Waals surface area contributed by atoms with E-state index in [9.17, 15) is 14.4 Å². The molecule has 2 aliphatic heterocycles. The van der Waals surface area contributed by atoms with Gasteiger partial charge in [-0.15, -0.1) is 0 Å². The van der Waals surface area contributed by atoms with E-state index in [1.54, 1.807) is 0 Å². The van der Waals surface area contributed by atoms with E-state index in [4.69, 9.17) is 18.9 Å². The number of unbranched alkanes of at least 4 members (excludes halogenated alkanes) is 1. The fourth-order valence-electron chi connectivity index (χ4n) is 2.90. The first-order chi connectivity index (χ1) is 12.3. The van der Waals surface area contributed by atoms with Gasteiger partial charge in [0.15, 0.2) is 12.2 Å². The number of fused-ring (bicyclic) bond motifs is 1. The molecule has 0 radical (unpaired) electrons. The molecule has 9 heteroatoms. The molecule has 2 rings (SSSR count). The molecule has 0 bridgehead atoms. The maximum Gasteiger partial charge on any atom is 0.303 e. The number of ether oxygens (including phenoxy) is 4. The molecule has 0 spiro atoms. The summed E-state index contributed by atoms with van der Waals surface area (Å²) in [4.78, 5) is 39.0. The van der Waals surface area contributed by atoms with Gasteiger partial charge in [-0.1, -0.05) is 25.1 Å². The van der Waals surface area contributed by atoms with Crippen LogP contribution in [-0.4, -0.2) is 59.3 Å². The Morgan fingerprint density at radius 2 is 1.73 bits per heavy atom. The standard InChI is InChI=1S/C17H25NO7S/c1-5-6-7-13-18-14-16(24-11(4)21)15(23-10(3)20)12(8-22-9(2)19)25-17(14)26-13/h12,14-17H,5-8H2,1-4H3/t12-,14-,15-,16-,17-/m1/s1. The lowest BCUT2D eigenvalue weighted by molar-refractivity contribution is -0.208. The van der Waals surface area contributed by atoms with Crippen molar-refractivity contribution in [1.29, 1.82) is 0 Å². The van der Waals surface area contributed by atoms with E-state index in [0.717, 1.165) is 24.3 Å². The summed E-state index contributed by atoms with van der Waals surface area (Å²) in [7, 11) is 0. The Morgan fingerprint density at radius 3 is 2.31 bits per heavy atom. The summed E-state index contributed by atoms with van der Waals surface area (Å²) < 4.78 is 21.9. The van der Waals surface area contributed by atoms with E-state index >= 15 is 0 Å². The van der Waals surface area contributed by atoms with Crippen LogP contribution in [0.3, 0.4) is 0 Å². The number of nitrogens with zero attached hydrogens (tertiary/aromatic N) is 1. The molecule has 26 heavy (non-hydrogen) atoms. The van der Waals surface area contributed by atoms with Gasteiger partial charge < -0.3 is 18.9 Å². The van der Waals surface area contributed by atoms with Crippen LogP contribution in [0.2, 0.25) is 0 Å². The van der Waals surface area contributed by atoms with Crippen molar-refractivity contribution in [2.24, 2.45) is 4.99 Å². The molecular formula is C17H25NO7S. The van der Waals surface area contributed by atoms with Crippen molar-refractivity contribution in [1.82, 2.24) is 0 Å². The first kappa shape index (κ1) is 20.7. The monoisotopic (exact) mass is 387 g/mol. The highest BCUT2D eigenvalue weighted by atomic mass is 32.2. The molecule has 5 atom stereocenters. The van der Waals surface area contributed by atoms with Crippen molar-refractivity contribution in [2.75, 3.05) is 6.61 Å². The average molecular weight is 387 g/mol.